The van der Waals surface area contributed by atoms with Crippen LogP contribution in [-0.4, -0.2) is 40.4 Å². The second-order valence-electron chi connectivity index (χ2n) is 6.00. The van der Waals surface area contributed by atoms with Crippen LogP contribution in [-0.2, 0) is 14.8 Å². The first kappa shape index (κ1) is 22.1. The lowest BCUT2D eigenvalue weighted by Crippen LogP contribution is -2.45. The van der Waals surface area contributed by atoms with Crippen LogP contribution in [0.2, 0.25) is 0 Å². The fourth-order valence-corrected chi connectivity index (χ4v) is 3.56. The van der Waals surface area contributed by atoms with Crippen molar-refractivity contribution < 1.29 is 32.6 Å². The zero-order valence-corrected chi connectivity index (χ0v) is 16.9. The fraction of sp³-hybridized carbons (Fsp3) is 0.200. The minimum absolute atomic E-state index is 0.161. The smallest absolute Gasteiger partial charge is 0.241 e. The van der Waals surface area contributed by atoms with Gasteiger partial charge in [-0.3, -0.25) is 4.79 Å². The molecule has 1 N–H and O–H groups in total. The first-order valence-corrected chi connectivity index (χ1v) is 9.94. The van der Waals surface area contributed by atoms with Gasteiger partial charge in [-0.15, -0.1) is 0 Å². The first-order chi connectivity index (χ1) is 13.7. The summed E-state index contributed by atoms with van der Waals surface area (Å²) in [4.78, 5) is 22.9. The molecule has 0 aliphatic heterocycles. The van der Waals surface area contributed by atoms with Crippen molar-refractivity contribution in [1.29, 1.82) is 0 Å². The van der Waals surface area contributed by atoms with Crippen LogP contribution in [0.25, 0.3) is 6.08 Å². The van der Waals surface area contributed by atoms with Crippen LogP contribution in [0.5, 0.6) is 11.5 Å². The van der Waals surface area contributed by atoms with Crippen LogP contribution in [0.4, 0.5) is 0 Å². The van der Waals surface area contributed by atoms with Gasteiger partial charge >= 0.3 is 0 Å². The molecule has 0 aliphatic carbocycles. The minimum atomic E-state index is -4.04. The summed E-state index contributed by atoms with van der Waals surface area (Å²) >= 11 is 0. The van der Waals surface area contributed by atoms with Gasteiger partial charge in [0, 0.05) is 5.56 Å². The molecule has 29 heavy (non-hydrogen) atoms. The van der Waals surface area contributed by atoms with Crippen LogP contribution in [0.3, 0.4) is 0 Å². The number of carbonyl (C=O) groups excluding carboxylic acids is 2. The Morgan fingerprint density at radius 1 is 1.03 bits per heavy atom. The van der Waals surface area contributed by atoms with Crippen molar-refractivity contribution in [1.82, 2.24) is 4.72 Å². The number of hydrogen-bond acceptors (Lipinski definition) is 7. The van der Waals surface area contributed by atoms with E-state index in [1.54, 1.807) is 24.3 Å². The number of ketones is 1. The van der Waals surface area contributed by atoms with E-state index in [0.29, 0.717) is 11.5 Å². The summed E-state index contributed by atoms with van der Waals surface area (Å²) in [7, 11) is -1.01. The molecule has 9 heteroatoms. The van der Waals surface area contributed by atoms with Gasteiger partial charge in [-0.1, -0.05) is 12.1 Å². The van der Waals surface area contributed by atoms with Crippen LogP contribution in [0.15, 0.2) is 53.4 Å². The van der Waals surface area contributed by atoms with Crippen molar-refractivity contribution in [3.05, 3.63) is 59.7 Å². The van der Waals surface area contributed by atoms with Gasteiger partial charge in [0.1, 0.15) is 0 Å². The fourth-order valence-electron chi connectivity index (χ4n) is 2.37. The molecule has 2 aromatic rings. The third kappa shape index (κ3) is 5.66. The standard InChI is InChI=1S/C20H21NO7S/c1-13(20(23)24)21-29(25,26)16-8-6-15(7-9-16)17(22)10-4-14-5-11-18(27-2)19(12-14)28-3/h4-13,21H,1-3H3,(H,23,24)/p-1/b10-4+/t13-/m0/s1. The van der Waals surface area contributed by atoms with Crippen LogP contribution < -0.4 is 19.3 Å². The molecule has 0 spiro atoms. The lowest BCUT2D eigenvalue weighted by molar-refractivity contribution is -0.307. The van der Waals surface area contributed by atoms with Gasteiger partial charge in [0.2, 0.25) is 10.0 Å². The number of ether oxygens (including phenoxy) is 2. The Balaban J connectivity index is 2.15. The highest BCUT2D eigenvalue weighted by molar-refractivity contribution is 7.89. The van der Waals surface area contributed by atoms with Gasteiger partial charge in [0.25, 0.3) is 0 Å². The highest BCUT2D eigenvalue weighted by atomic mass is 32.2. The van der Waals surface area contributed by atoms with Gasteiger partial charge in [0.15, 0.2) is 17.3 Å². The Morgan fingerprint density at radius 3 is 2.21 bits per heavy atom. The molecular weight excluding hydrogens is 398 g/mol. The van der Waals surface area contributed by atoms with Gasteiger partial charge in [-0.2, -0.15) is 0 Å². The van der Waals surface area contributed by atoms with Crippen molar-refractivity contribution >= 4 is 27.9 Å². The number of benzene rings is 2. The van der Waals surface area contributed by atoms with Crippen molar-refractivity contribution in [2.45, 2.75) is 17.9 Å². The van der Waals surface area contributed by atoms with Crippen molar-refractivity contribution in [3.63, 3.8) is 0 Å². The molecule has 0 aliphatic rings. The van der Waals surface area contributed by atoms with E-state index in [-0.39, 0.29) is 16.2 Å². The molecular formula is C20H20NO7S-. The second kappa shape index (κ2) is 9.35. The predicted molar refractivity (Wildman–Crippen MR) is 104 cm³/mol. The molecule has 0 fully saturated rings. The molecule has 0 radical (unpaired) electrons. The number of carboxylic acids is 1. The van der Waals surface area contributed by atoms with Gasteiger partial charge in [-0.05, 0) is 55.0 Å². The summed E-state index contributed by atoms with van der Waals surface area (Å²) in [6, 6.07) is 8.94. The van der Waals surface area contributed by atoms with E-state index in [2.05, 4.69) is 0 Å². The molecule has 154 valence electrons. The van der Waals surface area contributed by atoms with Crippen LogP contribution >= 0.6 is 0 Å². The number of carboxylic acid groups (broad SMARTS) is 1. The predicted octanol–water partition coefficient (Wildman–Crippen LogP) is 1.02. The lowest BCUT2D eigenvalue weighted by Gasteiger charge is -2.14. The number of nitrogens with one attached hydrogen (secondary N) is 1. The van der Waals surface area contributed by atoms with E-state index in [4.69, 9.17) is 9.47 Å². The highest BCUT2D eigenvalue weighted by Gasteiger charge is 2.18. The van der Waals surface area contributed by atoms with E-state index in [0.717, 1.165) is 12.5 Å². The van der Waals surface area contributed by atoms with Crippen molar-refractivity contribution in [3.8, 4) is 11.5 Å². The van der Waals surface area contributed by atoms with E-state index >= 15 is 0 Å². The molecule has 0 saturated carbocycles. The Bertz CT molecular complexity index is 1030. The summed E-state index contributed by atoms with van der Waals surface area (Å²) in [5.41, 5.74) is 0.990. The number of carbonyl (C=O) groups is 2. The van der Waals surface area contributed by atoms with E-state index < -0.39 is 22.0 Å². The van der Waals surface area contributed by atoms with Crippen LogP contribution in [0, 0.1) is 0 Å². The first-order valence-electron chi connectivity index (χ1n) is 8.45. The number of rotatable bonds is 9. The number of sulfonamides is 1. The minimum Gasteiger partial charge on any atom is -0.548 e. The average molecular weight is 418 g/mol. The molecule has 0 bridgehead atoms. The normalized spacial score (nSPS) is 12.5. The third-order valence-electron chi connectivity index (χ3n) is 3.97. The summed E-state index contributed by atoms with van der Waals surface area (Å²) in [6.45, 7) is 1.16. The van der Waals surface area contributed by atoms with E-state index in [9.17, 15) is 23.1 Å². The molecule has 0 saturated heterocycles. The Morgan fingerprint density at radius 2 is 1.66 bits per heavy atom. The lowest BCUT2D eigenvalue weighted by atomic mass is 10.1. The van der Waals surface area contributed by atoms with Gasteiger partial charge in [-0.25, -0.2) is 13.1 Å². The molecule has 2 rings (SSSR count). The van der Waals surface area contributed by atoms with E-state index in [1.165, 1.54) is 44.6 Å². The maximum absolute atomic E-state index is 12.3. The van der Waals surface area contributed by atoms with Crippen molar-refractivity contribution in [2.75, 3.05) is 14.2 Å². The summed E-state index contributed by atoms with van der Waals surface area (Å²) in [6.07, 6.45) is 2.94. The largest absolute Gasteiger partial charge is 0.548 e. The zero-order valence-electron chi connectivity index (χ0n) is 16.0. The molecule has 0 aromatic heterocycles. The SMILES string of the molecule is COc1ccc(/C=C/C(=O)c2ccc(S(=O)(=O)N[C@@H](C)C(=O)[O-])cc2)cc1OC. The Labute approximate surface area is 168 Å². The average Bonchev–Trinajstić information content (AvgIpc) is 2.71. The number of aliphatic carboxylic acids is 1. The summed E-state index contributed by atoms with van der Waals surface area (Å²) in [5.74, 6) is -0.787. The maximum Gasteiger partial charge on any atom is 0.241 e. The zero-order chi connectivity index (χ0) is 21.6. The third-order valence-corrected chi connectivity index (χ3v) is 5.53. The highest BCUT2D eigenvalue weighted by Crippen LogP contribution is 2.28. The van der Waals surface area contributed by atoms with Crippen LogP contribution in [0.1, 0.15) is 22.8 Å². The van der Waals surface area contributed by atoms with Gasteiger partial charge in [0.05, 0.1) is 31.1 Å². The molecule has 2 aromatic carbocycles. The number of allylic oxidation sites excluding steroid dienone is 1. The topological polar surface area (TPSA) is 122 Å². The second-order valence-corrected chi connectivity index (χ2v) is 7.71. The number of hydrogen-bond donors (Lipinski definition) is 1. The Hall–Kier alpha value is -3.17. The molecule has 0 amide bonds. The molecule has 0 unspecified atom stereocenters. The maximum atomic E-state index is 12.3. The summed E-state index contributed by atoms with van der Waals surface area (Å²) in [5, 5.41) is 10.7. The van der Waals surface area contributed by atoms with Gasteiger partial charge < -0.3 is 19.4 Å². The monoisotopic (exact) mass is 418 g/mol. The van der Waals surface area contributed by atoms with Crippen molar-refractivity contribution in [2.24, 2.45) is 0 Å². The Kier molecular flexibility index (Phi) is 7.13. The number of methoxy groups -OCH3 is 2. The molecule has 8 nitrogen and oxygen atoms in total. The molecule has 1 atom stereocenters. The quantitative estimate of drug-likeness (QED) is 0.476. The molecule has 0 heterocycles. The van der Waals surface area contributed by atoms with E-state index in [1.807, 2.05) is 4.72 Å². The summed E-state index contributed by atoms with van der Waals surface area (Å²) < 4.78 is 36.6.